The predicted molar refractivity (Wildman–Crippen MR) is 245 cm³/mol. The van der Waals surface area contributed by atoms with Gasteiger partial charge in [0.25, 0.3) is 0 Å². The molecule has 0 saturated carbocycles. The molecule has 0 bridgehead atoms. The van der Waals surface area contributed by atoms with Gasteiger partial charge in [-0.15, -0.1) is 0 Å². The molecule has 2 unspecified atom stereocenters. The van der Waals surface area contributed by atoms with Crippen LogP contribution < -0.4 is 5.11 Å². The van der Waals surface area contributed by atoms with Gasteiger partial charge in [0, 0.05) is 19.3 Å². The number of rotatable bonds is 39. The van der Waals surface area contributed by atoms with Crippen LogP contribution in [0.25, 0.3) is 0 Å². The molecule has 8 nitrogen and oxygen atoms in total. The van der Waals surface area contributed by atoms with Crippen molar-refractivity contribution in [1.82, 2.24) is 0 Å². The van der Waals surface area contributed by atoms with E-state index in [1.165, 1.54) is 57.8 Å². The van der Waals surface area contributed by atoms with E-state index in [1.807, 2.05) is 72.9 Å². The van der Waals surface area contributed by atoms with Gasteiger partial charge in [-0.2, -0.15) is 0 Å². The second-order valence-corrected chi connectivity index (χ2v) is 16.1. The van der Waals surface area contributed by atoms with E-state index in [1.54, 1.807) is 21.1 Å². The van der Waals surface area contributed by atoms with Gasteiger partial charge in [0.05, 0.1) is 40.3 Å². The van der Waals surface area contributed by atoms with Crippen molar-refractivity contribution < 1.29 is 38.2 Å². The zero-order valence-electron chi connectivity index (χ0n) is 37.9. The maximum atomic E-state index is 12.7. The predicted octanol–water partition coefficient (Wildman–Crippen LogP) is 11.4. The van der Waals surface area contributed by atoms with Gasteiger partial charge >= 0.3 is 11.9 Å². The topological polar surface area (TPSA) is 102 Å². The van der Waals surface area contributed by atoms with Crippen molar-refractivity contribution in [2.45, 2.75) is 167 Å². The molecule has 0 heterocycles. The minimum Gasteiger partial charge on any atom is -0.544 e. The molecule has 0 aromatic heterocycles. The minimum absolute atomic E-state index is 0.0130. The maximum absolute atomic E-state index is 12.7. The molecular weight excluding hydrogens is 739 g/mol. The molecule has 0 aromatic carbocycles. The Hall–Kier alpha value is -3.75. The molecule has 0 aliphatic rings. The summed E-state index contributed by atoms with van der Waals surface area (Å²) in [5.74, 6) is -1.82. The van der Waals surface area contributed by atoms with Crippen LogP contribution in [0, 0.1) is 0 Å². The van der Waals surface area contributed by atoms with E-state index in [9.17, 15) is 19.5 Å². The number of carboxylic acids is 1. The molecule has 8 heteroatoms. The molecule has 0 aliphatic heterocycles. The number of allylic oxidation sites excluding steroid dienone is 16. The van der Waals surface area contributed by atoms with Gasteiger partial charge in [0.1, 0.15) is 12.6 Å². The Morgan fingerprint density at radius 2 is 0.966 bits per heavy atom. The van der Waals surface area contributed by atoms with E-state index in [0.29, 0.717) is 12.8 Å². The molecule has 0 saturated heterocycles. The number of carbonyl (C=O) groups is 3. The third-order valence-corrected chi connectivity index (χ3v) is 9.65. The van der Waals surface area contributed by atoms with Crippen LogP contribution in [0.5, 0.6) is 0 Å². The highest BCUT2D eigenvalue weighted by Gasteiger charge is 2.25. The summed E-state index contributed by atoms with van der Waals surface area (Å²) < 4.78 is 17.1. The number of quaternary nitrogens is 1. The number of esters is 2. The molecule has 0 fully saturated rings. The average Bonchev–Trinajstić information content (AvgIpc) is 3.19. The minimum atomic E-state index is -1.14. The van der Waals surface area contributed by atoms with E-state index < -0.39 is 18.1 Å². The van der Waals surface area contributed by atoms with Crippen molar-refractivity contribution in [2.24, 2.45) is 0 Å². The highest BCUT2D eigenvalue weighted by atomic mass is 16.6. The quantitative estimate of drug-likeness (QED) is 0.0200. The van der Waals surface area contributed by atoms with E-state index in [2.05, 4.69) is 38.2 Å². The first-order chi connectivity index (χ1) is 28.6. The monoisotopic (exact) mass is 822 g/mol. The zero-order chi connectivity index (χ0) is 43.5. The van der Waals surface area contributed by atoms with Crippen LogP contribution in [0.4, 0.5) is 0 Å². The smallest absolute Gasteiger partial charge is 0.306 e. The Morgan fingerprint density at radius 3 is 1.47 bits per heavy atom. The number of nitrogens with zero attached hydrogens (tertiary/aromatic N) is 1. The number of hydrogen-bond donors (Lipinski definition) is 0. The molecule has 334 valence electrons. The first-order valence-corrected chi connectivity index (χ1v) is 22.9. The number of ether oxygens (including phenoxy) is 3. The molecule has 0 aromatic rings. The molecule has 0 rings (SSSR count). The Kier molecular flexibility index (Phi) is 38.4. The largest absolute Gasteiger partial charge is 0.544 e. The molecule has 2 atom stereocenters. The van der Waals surface area contributed by atoms with Gasteiger partial charge in [-0.3, -0.25) is 9.59 Å². The summed E-state index contributed by atoms with van der Waals surface area (Å²) in [6.07, 6.45) is 54.3. The Balaban J connectivity index is 4.48. The van der Waals surface area contributed by atoms with Crippen LogP contribution in [0.3, 0.4) is 0 Å². The molecule has 59 heavy (non-hydrogen) atoms. The van der Waals surface area contributed by atoms with Gasteiger partial charge in [0.2, 0.25) is 0 Å². The number of likely N-dealkylation sites (N-methyl/N-ethyl adjacent to an activating group) is 1. The Morgan fingerprint density at radius 1 is 0.525 bits per heavy atom. The summed E-state index contributed by atoms with van der Waals surface area (Å²) in [7, 11) is 5.38. The normalized spacial score (nSPS) is 13.8. The van der Waals surface area contributed by atoms with Crippen LogP contribution in [0.2, 0.25) is 0 Å². The van der Waals surface area contributed by atoms with Crippen LogP contribution in [0.15, 0.2) is 97.2 Å². The van der Waals surface area contributed by atoms with Crippen molar-refractivity contribution in [3.8, 4) is 0 Å². The second kappa shape index (κ2) is 41.0. The third-order valence-electron chi connectivity index (χ3n) is 9.65. The summed E-state index contributed by atoms with van der Waals surface area (Å²) in [5.41, 5.74) is 0. The number of unbranched alkanes of at least 4 members (excludes halogenated alkanes) is 15. The van der Waals surface area contributed by atoms with Crippen molar-refractivity contribution in [2.75, 3.05) is 41.0 Å². The fourth-order valence-corrected chi connectivity index (χ4v) is 6.11. The lowest BCUT2D eigenvalue weighted by molar-refractivity contribution is -0.889. The summed E-state index contributed by atoms with van der Waals surface area (Å²) in [5, 5.41) is 11.6. The van der Waals surface area contributed by atoms with Gasteiger partial charge < -0.3 is 28.6 Å². The van der Waals surface area contributed by atoms with E-state index in [0.717, 1.165) is 57.8 Å². The van der Waals surface area contributed by atoms with Crippen LogP contribution in [0.1, 0.15) is 155 Å². The summed E-state index contributed by atoms with van der Waals surface area (Å²) in [6.45, 7) is 4.44. The SMILES string of the molecule is CC/C=C/C=C/C=C/C=C/C=C/C=C/C=C/CCCCCC(=O)OC(COCCC(C(=O)[O-])[N+](C)(C)C)COC(=O)CCCCCCC/C=C/CCCCCCCCC. The lowest BCUT2D eigenvalue weighted by atomic mass is 10.1. The van der Waals surface area contributed by atoms with Crippen molar-refractivity contribution in [1.29, 1.82) is 0 Å². The van der Waals surface area contributed by atoms with E-state index >= 15 is 0 Å². The van der Waals surface area contributed by atoms with Crippen LogP contribution in [-0.2, 0) is 28.6 Å². The highest BCUT2D eigenvalue weighted by Crippen LogP contribution is 2.13. The van der Waals surface area contributed by atoms with Crippen LogP contribution >= 0.6 is 0 Å². The molecule has 0 N–H and O–H groups in total. The second-order valence-electron chi connectivity index (χ2n) is 16.1. The Bertz CT molecular complexity index is 1280. The Labute approximate surface area is 360 Å². The number of hydrogen-bond acceptors (Lipinski definition) is 7. The molecule has 0 radical (unpaired) electrons. The summed E-state index contributed by atoms with van der Waals surface area (Å²) >= 11 is 0. The standard InChI is InChI=1S/C51H83NO7/c1-6-8-10-12-14-16-18-20-22-24-25-26-28-30-32-34-36-38-40-42-50(54)59-47(45-57-44-43-48(51(55)56)52(3,4)5)46-58-49(53)41-39-37-35-33-31-29-27-23-21-19-17-15-13-11-9-7-2/h8,10,12,14,16,18,20,22-28,30,32,47-48H,6-7,9,11,13,15,17,19,21,29,31,33-46H2,1-5H3/b10-8+,14-12+,18-16+,22-20+,25-24+,27-23+,28-26+,32-30+. The molecule has 0 spiro atoms. The molecule has 0 aliphatic carbocycles. The zero-order valence-corrected chi connectivity index (χ0v) is 37.9. The summed E-state index contributed by atoms with van der Waals surface area (Å²) in [4.78, 5) is 36.9. The number of carboxylic acid groups (broad SMARTS) is 1. The van der Waals surface area contributed by atoms with Gasteiger partial charge in [-0.25, -0.2) is 0 Å². The lowest BCUT2D eigenvalue weighted by Gasteiger charge is -2.34. The molecular formula is C51H83NO7. The average molecular weight is 822 g/mol. The first kappa shape index (κ1) is 55.2. The fraction of sp³-hybridized carbons (Fsp3) is 0.627. The fourth-order valence-electron chi connectivity index (χ4n) is 6.11. The summed E-state index contributed by atoms with van der Waals surface area (Å²) in [6, 6.07) is -0.742. The highest BCUT2D eigenvalue weighted by molar-refractivity contribution is 5.70. The van der Waals surface area contributed by atoms with Gasteiger partial charge in [-0.1, -0.05) is 175 Å². The number of aliphatic carboxylic acids is 1. The van der Waals surface area contributed by atoms with Crippen molar-refractivity contribution >= 4 is 17.9 Å². The van der Waals surface area contributed by atoms with E-state index in [4.69, 9.17) is 14.2 Å². The van der Waals surface area contributed by atoms with Crippen molar-refractivity contribution in [3.63, 3.8) is 0 Å². The van der Waals surface area contributed by atoms with Crippen molar-refractivity contribution in [3.05, 3.63) is 97.2 Å². The number of carbonyl (C=O) groups excluding carboxylic acids is 3. The van der Waals surface area contributed by atoms with Crippen LogP contribution in [-0.4, -0.2) is 75.5 Å². The van der Waals surface area contributed by atoms with Gasteiger partial charge in [0.15, 0.2) is 6.10 Å². The lowest BCUT2D eigenvalue weighted by Crippen LogP contribution is -2.55. The third kappa shape index (κ3) is 39.5. The van der Waals surface area contributed by atoms with E-state index in [-0.39, 0.29) is 49.1 Å². The molecule has 0 amide bonds. The first-order valence-electron chi connectivity index (χ1n) is 22.9. The maximum Gasteiger partial charge on any atom is 0.306 e. The van der Waals surface area contributed by atoms with Gasteiger partial charge in [-0.05, 0) is 57.8 Å².